The van der Waals surface area contributed by atoms with Gasteiger partial charge in [-0.25, -0.2) is 0 Å². The fourth-order valence-electron chi connectivity index (χ4n) is 3.49. The Morgan fingerprint density at radius 1 is 1.37 bits per heavy atom. The van der Waals surface area contributed by atoms with Crippen molar-refractivity contribution >= 4 is 21.4 Å². The Kier molecular flexibility index (Phi) is 3.64. The quantitative estimate of drug-likeness (QED) is 0.854. The second-order valence-corrected chi connectivity index (χ2v) is 6.94. The van der Waals surface area contributed by atoms with E-state index in [9.17, 15) is 5.11 Å². The van der Waals surface area contributed by atoms with E-state index >= 15 is 0 Å². The predicted molar refractivity (Wildman–Crippen MR) is 82.7 cm³/mol. The van der Waals surface area contributed by atoms with E-state index in [-0.39, 0.29) is 0 Å². The maximum atomic E-state index is 10.9. The van der Waals surface area contributed by atoms with Crippen LogP contribution in [0.15, 0.2) is 29.6 Å². The molecule has 102 valence electrons. The Morgan fingerprint density at radius 3 is 3.05 bits per heavy atom. The smallest absolute Gasteiger partial charge is 0.0691 e. The lowest BCUT2D eigenvalue weighted by atomic mass is 9.74. The third-order valence-corrected chi connectivity index (χ3v) is 5.59. The lowest BCUT2D eigenvalue weighted by molar-refractivity contribution is -0.0158. The molecule has 19 heavy (non-hydrogen) atoms. The van der Waals surface area contributed by atoms with Gasteiger partial charge < -0.3 is 5.11 Å². The van der Waals surface area contributed by atoms with Gasteiger partial charge >= 0.3 is 0 Å². The molecule has 0 radical (unpaired) electrons. The first-order valence-electron chi connectivity index (χ1n) is 7.38. The molecule has 1 saturated carbocycles. The van der Waals surface area contributed by atoms with Crippen molar-refractivity contribution in [2.45, 2.75) is 51.0 Å². The molecule has 0 bridgehead atoms. The molecule has 1 aromatic carbocycles. The van der Waals surface area contributed by atoms with Crippen molar-refractivity contribution in [2.24, 2.45) is 5.92 Å². The summed E-state index contributed by atoms with van der Waals surface area (Å²) in [6, 6.07) is 8.54. The van der Waals surface area contributed by atoms with Crippen LogP contribution in [0.2, 0.25) is 0 Å². The van der Waals surface area contributed by atoms with E-state index in [1.165, 1.54) is 34.9 Å². The number of aliphatic hydroxyl groups is 1. The Bertz CT molecular complexity index is 559. The molecule has 1 aliphatic carbocycles. The minimum absolute atomic E-state index is 0.469. The van der Waals surface area contributed by atoms with Crippen LogP contribution in [0.5, 0.6) is 0 Å². The van der Waals surface area contributed by atoms with Crippen LogP contribution >= 0.6 is 11.3 Å². The number of fused-ring (bicyclic) bond motifs is 1. The zero-order valence-electron chi connectivity index (χ0n) is 11.6. The summed E-state index contributed by atoms with van der Waals surface area (Å²) in [7, 11) is 0. The summed E-state index contributed by atoms with van der Waals surface area (Å²) in [5, 5.41) is 14.5. The van der Waals surface area contributed by atoms with Gasteiger partial charge in [0.05, 0.1) is 5.60 Å². The van der Waals surface area contributed by atoms with Crippen LogP contribution < -0.4 is 0 Å². The van der Waals surface area contributed by atoms with Gasteiger partial charge in [0.15, 0.2) is 0 Å². The van der Waals surface area contributed by atoms with Gasteiger partial charge in [-0.3, -0.25) is 0 Å². The minimum atomic E-state index is -0.469. The molecule has 0 amide bonds. The highest BCUT2D eigenvalue weighted by molar-refractivity contribution is 7.17. The summed E-state index contributed by atoms with van der Waals surface area (Å²) >= 11 is 1.80. The van der Waals surface area contributed by atoms with Gasteiger partial charge in [0.1, 0.15) is 0 Å². The average molecular weight is 274 g/mol. The van der Waals surface area contributed by atoms with Crippen molar-refractivity contribution in [3.8, 4) is 0 Å². The first-order valence-corrected chi connectivity index (χ1v) is 8.26. The summed E-state index contributed by atoms with van der Waals surface area (Å²) in [5.74, 6) is 0.712. The van der Waals surface area contributed by atoms with Crippen molar-refractivity contribution in [1.82, 2.24) is 0 Å². The highest BCUT2D eigenvalue weighted by Crippen LogP contribution is 2.38. The maximum absolute atomic E-state index is 10.9. The van der Waals surface area contributed by atoms with Crippen LogP contribution in [-0.2, 0) is 6.42 Å². The van der Waals surface area contributed by atoms with E-state index < -0.39 is 5.60 Å². The second kappa shape index (κ2) is 5.26. The van der Waals surface area contributed by atoms with E-state index in [4.69, 9.17) is 0 Å². The summed E-state index contributed by atoms with van der Waals surface area (Å²) < 4.78 is 1.34. The molecule has 1 nitrogen and oxygen atoms in total. The van der Waals surface area contributed by atoms with Crippen molar-refractivity contribution in [2.75, 3.05) is 0 Å². The summed E-state index contributed by atoms with van der Waals surface area (Å²) in [4.78, 5) is 0. The molecule has 1 N–H and O–H groups in total. The van der Waals surface area contributed by atoms with E-state index in [1.807, 2.05) is 0 Å². The van der Waals surface area contributed by atoms with Crippen molar-refractivity contribution in [3.05, 3.63) is 35.2 Å². The van der Waals surface area contributed by atoms with E-state index in [0.29, 0.717) is 5.92 Å². The number of thiophene rings is 1. The van der Waals surface area contributed by atoms with Gasteiger partial charge in [-0.1, -0.05) is 44.4 Å². The van der Waals surface area contributed by atoms with Crippen LogP contribution in [0, 0.1) is 5.92 Å². The summed E-state index contributed by atoms with van der Waals surface area (Å²) in [6.45, 7) is 2.25. The molecule has 0 aliphatic heterocycles. The molecular formula is C17H22OS. The average Bonchev–Trinajstić information content (AvgIpc) is 2.82. The first-order chi connectivity index (χ1) is 9.20. The lowest BCUT2D eigenvalue weighted by Crippen LogP contribution is -2.37. The van der Waals surface area contributed by atoms with Gasteiger partial charge in [0.25, 0.3) is 0 Å². The second-order valence-electron chi connectivity index (χ2n) is 6.03. The Balaban J connectivity index is 1.83. The fourth-order valence-corrected chi connectivity index (χ4v) is 4.46. The Labute approximate surface area is 119 Å². The van der Waals surface area contributed by atoms with Gasteiger partial charge in [-0.05, 0) is 41.2 Å². The lowest BCUT2D eigenvalue weighted by Gasteiger charge is -2.36. The number of benzene rings is 1. The SMILES string of the molecule is CCC1CCCC(O)(Cc2csc3ccccc23)C1. The third-order valence-electron chi connectivity index (χ3n) is 4.58. The number of hydrogen-bond acceptors (Lipinski definition) is 2. The normalized spacial score (nSPS) is 27.8. The molecular weight excluding hydrogens is 252 g/mol. The zero-order valence-corrected chi connectivity index (χ0v) is 12.4. The van der Waals surface area contributed by atoms with Crippen molar-refractivity contribution in [1.29, 1.82) is 0 Å². The molecule has 2 aromatic rings. The molecule has 2 heteroatoms. The zero-order chi connectivity index (χ0) is 13.3. The van der Waals surface area contributed by atoms with Gasteiger partial charge in [-0.15, -0.1) is 11.3 Å². The van der Waals surface area contributed by atoms with Crippen LogP contribution in [0.1, 0.15) is 44.6 Å². The van der Waals surface area contributed by atoms with Gasteiger partial charge in [-0.2, -0.15) is 0 Å². The molecule has 1 aromatic heterocycles. The molecule has 3 rings (SSSR count). The topological polar surface area (TPSA) is 20.2 Å². The molecule has 0 spiro atoms. The number of rotatable bonds is 3. The molecule has 1 heterocycles. The fraction of sp³-hybridized carbons (Fsp3) is 0.529. The van der Waals surface area contributed by atoms with E-state index in [0.717, 1.165) is 19.3 Å². The third kappa shape index (κ3) is 2.70. The van der Waals surface area contributed by atoms with Crippen molar-refractivity contribution < 1.29 is 5.11 Å². The van der Waals surface area contributed by atoms with Crippen LogP contribution in [-0.4, -0.2) is 10.7 Å². The predicted octanol–water partition coefficient (Wildman–Crippen LogP) is 4.78. The number of hydrogen-bond donors (Lipinski definition) is 1. The summed E-state index contributed by atoms with van der Waals surface area (Å²) in [6.07, 6.45) is 6.45. The highest BCUT2D eigenvalue weighted by Gasteiger charge is 2.34. The Hall–Kier alpha value is -0.860. The molecule has 2 atom stereocenters. The van der Waals surface area contributed by atoms with Crippen LogP contribution in [0.25, 0.3) is 10.1 Å². The standard InChI is InChI=1S/C17H22OS/c1-2-13-6-5-9-17(18,10-13)11-14-12-19-16-8-4-3-7-15(14)16/h3-4,7-8,12-13,18H,2,5-6,9-11H2,1H3. The first kappa shape index (κ1) is 13.1. The van der Waals surface area contributed by atoms with Gasteiger partial charge in [0, 0.05) is 11.1 Å². The van der Waals surface area contributed by atoms with E-state index in [2.05, 4.69) is 36.6 Å². The minimum Gasteiger partial charge on any atom is -0.390 e. The van der Waals surface area contributed by atoms with E-state index in [1.54, 1.807) is 11.3 Å². The molecule has 1 fully saturated rings. The highest BCUT2D eigenvalue weighted by atomic mass is 32.1. The largest absolute Gasteiger partial charge is 0.390 e. The monoisotopic (exact) mass is 274 g/mol. The van der Waals surface area contributed by atoms with Crippen molar-refractivity contribution in [3.63, 3.8) is 0 Å². The Morgan fingerprint density at radius 2 is 2.21 bits per heavy atom. The molecule has 2 unspecified atom stereocenters. The molecule has 1 aliphatic rings. The van der Waals surface area contributed by atoms with Crippen LogP contribution in [0.4, 0.5) is 0 Å². The summed E-state index contributed by atoms with van der Waals surface area (Å²) in [5.41, 5.74) is 0.864. The van der Waals surface area contributed by atoms with Crippen LogP contribution in [0.3, 0.4) is 0 Å². The molecule has 0 saturated heterocycles. The van der Waals surface area contributed by atoms with Gasteiger partial charge in [0.2, 0.25) is 0 Å². The maximum Gasteiger partial charge on any atom is 0.0691 e.